The molecule has 0 amide bonds. The molecule has 1 aromatic carbocycles. The van der Waals surface area contributed by atoms with Crippen molar-refractivity contribution in [3.63, 3.8) is 0 Å². The summed E-state index contributed by atoms with van der Waals surface area (Å²) < 4.78 is 1.13. The Hall–Kier alpha value is -0.380. The molecular formula is C10H11IO. The molecule has 0 bridgehead atoms. The Morgan fingerprint density at radius 3 is 2.58 bits per heavy atom. The Balaban J connectivity index is 3.08. The molecule has 0 unspecified atom stereocenters. The molecule has 1 rings (SSSR count). The predicted molar refractivity (Wildman–Crippen MR) is 58.5 cm³/mol. The van der Waals surface area contributed by atoms with Crippen LogP contribution in [0.15, 0.2) is 18.2 Å². The molecule has 0 fully saturated rings. The van der Waals surface area contributed by atoms with Gasteiger partial charge in [0, 0.05) is 15.6 Å². The van der Waals surface area contributed by atoms with E-state index in [-0.39, 0.29) is 5.78 Å². The minimum atomic E-state index is 0.219. The highest BCUT2D eigenvalue weighted by Gasteiger charge is 2.03. The molecule has 0 radical (unpaired) electrons. The van der Waals surface area contributed by atoms with Gasteiger partial charge in [0.1, 0.15) is 0 Å². The van der Waals surface area contributed by atoms with E-state index in [2.05, 4.69) is 28.7 Å². The van der Waals surface area contributed by atoms with Crippen LogP contribution >= 0.6 is 22.6 Å². The first-order valence-corrected chi connectivity index (χ1v) is 5.01. The topological polar surface area (TPSA) is 17.1 Å². The number of Topliss-reactive ketones (excluding diaryl/α,β-unsaturated/α-hetero) is 1. The van der Waals surface area contributed by atoms with E-state index in [4.69, 9.17) is 0 Å². The monoisotopic (exact) mass is 274 g/mol. The highest BCUT2D eigenvalue weighted by Crippen LogP contribution is 2.13. The van der Waals surface area contributed by atoms with Gasteiger partial charge in [-0.05, 0) is 53.3 Å². The Kier molecular flexibility index (Phi) is 3.26. The van der Waals surface area contributed by atoms with Crippen molar-refractivity contribution in [2.75, 3.05) is 0 Å². The highest BCUT2D eigenvalue weighted by atomic mass is 127. The first-order valence-electron chi connectivity index (χ1n) is 3.94. The molecule has 1 aromatic rings. The largest absolute Gasteiger partial charge is 0.294 e. The van der Waals surface area contributed by atoms with Gasteiger partial charge < -0.3 is 0 Å². The Labute approximate surface area is 86.3 Å². The summed E-state index contributed by atoms with van der Waals surface area (Å²) in [4.78, 5) is 11.3. The second kappa shape index (κ2) is 4.03. The fourth-order valence-corrected chi connectivity index (χ4v) is 1.93. The molecule has 0 aliphatic heterocycles. The minimum Gasteiger partial charge on any atom is -0.294 e. The van der Waals surface area contributed by atoms with Crippen molar-refractivity contribution in [2.45, 2.75) is 20.3 Å². The number of halogens is 1. The van der Waals surface area contributed by atoms with Gasteiger partial charge in [0.05, 0.1) is 0 Å². The van der Waals surface area contributed by atoms with Crippen LogP contribution in [-0.4, -0.2) is 5.78 Å². The molecule has 0 heterocycles. The number of hydrogen-bond acceptors (Lipinski definition) is 1. The zero-order chi connectivity index (χ0) is 9.14. The lowest BCUT2D eigenvalue weighted by molar-refractivity contribution is 0.0988. The maximum Gasteiger partial charge on any atom is 0.162 e. The van der Waals surface area contributed by atoms with E-state index in [1.54, 1.807) is 0 Å². The third kappa shape index (κ3) is 2.30. The maximum absolute atomic E-state index is 11.3. The van der Waals surface area contributed by atoms with E-state index < -0.39 is 0 Å². The van der Waals surface area contributed by atoms with Crippen molar-refractivity contribution in [1.29, 1.82) is 0 Å². The number of hydrogen-bond donors (Lipinski definition) is 0. The molecule has 1 nitrogen and oxygen atoms in total. The van der Waals surface area contributed by atoms with Crippen molar-refractivity contribution >= 4 is 28.4 Å². The molecule has 12 heavy (non-hydrogen) atoms. The first kappa shape index (κ1) is 9.71. The van der Waals surface area contributed by atoms with Crippen molar-refractivity contribution in [1.82, 2.24) is 0 Å². The van der Waals surface area contributed by atoms with Crippen LogP contribution in [0.1, 0.15) is 29.3 Å². The minimum absolute atomic E-state index is 0.219. The molecule has 0 aliphatic rings. The number of rotatable bonds is 2. The summed E-state index contributed by atoms with van der Waals surface area (Å²) in [6.07, 6.45) is 0.583. The fourth-order valence-electron chi connectivity index (χ4n) is 1.10. The van der Waals surface area contributed by atoms with Gasteiger partial charge in [-0.3, -0.25) is 4.79 Å². The van der Waals surface area contributed by atoms with Gasteiger partial charge in [-0.2, -0.15) is 0 Å². The first-order chi connectivity index (χ1) is 5.63. The Bertz CT molecular complexity index is 284. The summed E-state index contributed by atoms with van der Waals surface area (Å²) in [5.74, 6) is 0.219. The molecule has 0 aromatic heterocycles. The number of ketones is 1. The Morgan fingerprint density at radius 2 is 2.08 bits per heavy atom. The molecule has 0 saturated carbocycles. The van der Waals surface area contributed by atoms with Crippen LogP contribution in [-0.2, 0) is 0 Å². The number of carbonyl (C=O) groups excluding carboxylic acids is 1. The summed E-state index contributed by atoms with van der Waals surface area (Å²) in [5, 5.41) is 0. The lowest BCUT2D eigenvalue weighted by Gasteiger charge is -2.00. The van der Waals surface area contributed by atoms with Crippen molar-refractivity contribution in [3.8, 4) is 0 Å². The van der Waals surface area contributed by atoms with Crippen molar-refractivity contribution < 1.29 is 4.79 Å². The van der Waals surface area contributed by atoms with Crippen LogP contribution < -0.4 is 0 Å². The van der Waals surface area contributed by atoms with Crippen molar-refractivity contribution in [2.24, 2.45) is 0 Å². The van der Waals surface area contributed by atoms with E-state index >= 15 is 0 Å². The van der Waals surface area contributed by atoms with Gasteiger partial charge >= 0.3 is 0 Å². The van der Waals surface area contributed by atoms with Crippen LogP contribution in [0, 0.1) is 10.5 Å². The third-order valence-electron chi connectivity index (χ3n) is 1.69. The summed E-state index contributed by atoms with van der Waals surface area (Å²) in [5.41, 5.74) is 1.99. The molecule has 0 N–H and O–H groups in total. The quantitative estimate of drug-likeness (QED) is 0.598. The van der Waals surface area contributed by atoms with Crippen LogP contribution in [0.4, 0.5) is 0 Å². The van der Waals surface area contributed by atoms with E-state index in [0.29, 0.717) is 6.42 Å². The normalized spacial score (nSPS) is 9.92. The van der Waals surface area contributed by atoms with Crippen molar-refractivity contribution in [3.05, 3.63) is 32.9 Å². The van der Waals surface area contributed by atoms with Crippen LogP contribution in [0.5, 0.6) is 0 Å². The van der Waals surface area contributed by atoms with E-state index in [9.17, 15) is 4.79 Å². The van der Waals surface area contributed by atoms with Gasteiger partial charge in [-0.15, -0.1) is 0 Å². The van der Waals surface area contributed by atoms with Gasteiger partial charge in [-0.1, -0.05) is 6.92 Å². The van der Waals surface area contributed by atoms with Crippen LogP contribution in [0.2, 0.25) is 0 Å². The van der Waals surface area contributed by atoms with Gasteiger partial charge in [0.25, 0.3) is 0 Å². The number of benzene rings is 1. The van der Waals surface area contributed by atoms with E-state index in [1.807, 2.05) is 26.0 Å². The predicted octanol–water partition coefficient (Wildman–Crippen LogP) is 3.19. The molecule has 64 valence electrons. The zero-order valence-corrected chi connectivity index (χ0v) is 9.38. The smallest absolute Gasteiger partial charge is 0.162 e. The molecule has 0 atom stereocenters. The molecule has 0 aliphatic carbocycles. The third-order valence-corrected chi connectivity index (χ3v) is 2.31. The summed E-state index contributed by atoms with van der Waals surface area (Å²) in [7, 11) is 0. The fraction of sp³-hybridized carbons (Fsp3) is 0.300. The second-order valence-corrected chi connectivity index (χ2v) is 4.04. The molecule has 0 spiro atoms. The zero-order valence-electron chi connectivity index (χ0n) is 7.23. The summed E-state index contributed by atoms with van der Waals surface area (Å²) in [6.45, 7) is 3.89. The van der Waals surface area contributed by atoms with E-state index in [1.165, 1.54) is 0 Å². The number of aryl methyl sites for hydroxylation is 1. The Morgan fingerprint density at radius 1 is 1.42 bits per heavy atom. The average Bonchev–Trinajstić information content (AvgIpc) is 2.01. The lowest BCUT2D eigenvalue weighted by atomic mass is 10.1. The molecular weight excluding hydrogens is 263 g/mol. The lowest BCUT2D eigenvalue weighted by Crippen LogP contribution is -1.97. The summed E-state index contributed by atoms with van der Waals surface area (Å²) in [6, 6.07) is 5.93. The van der Waals surface area contributed by atoms with Crippen LogP contribution in [0.3, 0.4) is 0 Å². The van der Waals surface area contributed by atoms with Gasteiger partial charge in [-0.25, -0.2) is 0 Å². The SMILES string of the molecule is CCC(=O)c1cc(C)cc(I)c1. The number of carbonyl (C=O) groups is 1. The van der Waals surface area contributed by atoms with Gasteiger partial charge in [0.15, 0.2) is 5.78 Å². The summed E-state index contributed by atoms with van der Waals surface area (Å²) >= 11 is 2.23. The van der Waals surface area contributed by atoms with Gasteiger partial charge in [0.2, 0.25) is 0 Å². The second-order valence-electron chi connectivity index (χ2n) is 2.79. The maximum atomic E-state index is 11.3. The standard InChI is InChI=1S/C10H11IO/c1-3-10(12)8-4-7(2)5-9(11)6-8/h4-6H,3H2,1-2H3. The van der Waals surface area contributed by atoms with E-state index in [0.717, 1.165) is 14.7 Å². The average molecular weight is 274 g/mol. The van der Waals surface area contributed by atoms with Crippen LogP contribution in [0.25, 0.3) is 0 Å². The highest BCUT2D eigenvalue weighted by molar-refractivity contribution is 14.1. The molecule has 2 heteroatoms. The molecule has 0 saturated heterocycles.